The molecule has 0 fully saturated rings. The highest BCUT2D eigenvalue weighted by atomic mass is 16.4. The Hall–Kier alpha value is -2.20. The molecule has 10 nitrogen and oxygen atoms in total. The molecule has 0 rings (SSSR count). The Labute approximate surface area is 126 Å². The van der Waals surface area contributed by atoms with Crippen LogP contribution in [0.4, 0.5) is 0 Å². The van der Waals surface area contributed by atoms with Gasteiger partial charge < -0.3 is 31.9 Å². The van der Waals surface area contributed by atoms with E-state index in [1.807, 2.05) is 0 Å². The molecule has 8 N–H and O–H groups in total. The number of carbonyl (C=O) groups is 4. The molecule has 128 valence electrons. The minimum atomic E-state index is -1.09. The molecule has 2 atom stereocenters. The van der Waals surface area contributed by atoms with Crippen LogP contribution in [0.2, 0.25) is 0 Å². The van der Waals surface area contributed by atoms with Crippen LogP contribution < -0.4 is 11.5 Å². The first-order valence-electron chi connectivity index (χ1n) is 6.48. The lowest BCUT2D eigenvalue weighted by Crippen LogP contribution is -2.29. The van der Waals surface area contributed by atoms with Gasteiger partial charge in [0.15, 0.2) is 0 Å². The SMILES string of the molecule is NC(CCCC(=O)O)C(=O)O.N[C@@H](CCCC(=O)O)C(=O)O. The zero-order valence-electron chi connectivity index (χ0n) is 12.0. The summed E-state index contributed by atoms with van der Waals surface area (Å²) in [6, 6.07) is -1.87. The van der Waals surface area contributed by atoms with Gasteiger partial charge in [-0.05, 0) is 25.7 Å². The van der Waals surface area contributed by atoms with Crippen LogP contribution >= 0.6 is 0 Å². The van der Waals surface area contributed by atoms with Crippen molar-refractivity contribution in [2.75, 3.05) is 0 Å². The second kappa shape index (κ2) is 12.5. The van der Waals surface area contributed by atoms with Crippen molar-refractivity contribution in [2.24, 2.45) is 11.5 Å². The maximum absolute atomic E-state index is 10.1. The number of carboxylic acids is 4. The van der Waals surface area contributed by atoms with E-state index in [9.17, 15) is 19.2 Å². The van der Waals surface area contributed by atoms with Gasteiger partial charge in [0.05, 0.1) is 0 Å². The highest BCUT2D eigenvalue weighted by Crippen LogP contribution is 1.99. The van der Waals surface area contributed by atoms with Crippen molar-refractivity contribution in [1.29, 1.82) is 0 Å². The van der Waals surface area contributed by atoms with E-state index < -0.39 is 36.0 Å². The maximum Gasteiger partial charge on any atom is 0.320 e. The predicted molar refractivity (Wildman–Crippen MR) is 74.2 cm³/mol. The standard InChI is InChI=1S/2C6H11NO4/c2*7-4(6(10)11)2-1-3-5(8)9/h2*4H,1-3,7H2,(H,8,9)(H,10,11)/t4-;/m0./s1. The van der Waals surface area contributed by atoms with Crippen molar-refractivity contribution in [1.82, 2.24) is 0 Å². The highest BCUT2D eigenvalue weighted by molar-refractivity contribution is 5.73. The second-order valence-corrected chi connectivity index (χ2v) is 4.46. The van der Waals surface area contributed by atoms with Crippen LogP contribution in [0.15, 0.2) is 0 Å². The van der Waals surface area contributed by atoms with Crippen molar-refractivity contribution in [3.8, 4) is 0 Å². The summed E-state index contributed by atoms with van der Waals surface area (Å²) in [5, 5.41) is 32.9. The molecule has 0 aromatic carbocycles. The van der Waals surface area contributed by atoms with Crippen molar-refractivity contribution in [2.45, 2.75) is 50.6 Å². The quantitative estimate of drug-likeness (QED) is 0.298. The second-order valence-electron chi connectivity index (χ2n) is 4.46. The first-order valence-corrected chi connectivity index (χ1v) is 6.48. The largest absolute Gasteiger partial charge is 0.481 e. The van der Waals surface area contributed by atoms with Gasteiger partial charge in [-0.2, -0.15) is 0 Å². The molecule has 10 heteroatoms. The average molecular weight is 322 g/mol. The molecule has 0 aromatic heterocycles. The maximum atomic E-state index is 10.1. The van der Waals surface area contributed by atoms with Crippen LogP contribution in [-0.2, 0) is 19.2 Å². The van der Waals surface area contributed by atoms with Gasteiger partial charge in [-0.15, -0.1) is 0 Å². The van der Waals surface area contributed by atoms with E-state index in [2.05, 4.69) is 0 Å². The van der Waals surface area contributed by atoms with E-state index >= 15 is 0 Å². The molecule has 0 heterocycles. The van der Waals surface area contributed by atoms with E-state index in [1.165, 1.54) is 0 Å². The molecule has 22 heavy (non-hydrogen) atoms. The summed E-state index contributed by atoms with van der Waals surface area (Å²) in [5.74, 6) is -4.03. The normalized spacial score (nSPS) is 12.5. The summed E-state index contributed by atoms with van der Waals surface area (Å²) >= 11 is 0. The first-order chi connectivity index (χ1) is 10.1. The zero-order valence-corrected chi connectivity index (χ0v) is 12.0. The Morgan fingerprint density at radius 3 is 1.14 bits per heavy atom. The van der Waals surface area contributed by atoms with E-state index in [-0.39, 0.29) is 25.7 Å². The van der Waals surface area contributed by atoms with Crippen LogP contribution in [0, 0.1) is 0 Å². The van der Waals surface area contributed by atoms with E-state index in [0.717, 1.165) is 0 Å². The van der Waals surface area contributed by atoms with Gasteiger partial charge in [0.2, 0.25) is 0 Å². The average Bonchev–Trinajstić information content (AvgIpc) is 2.38. The third-order valence-electron chi connectivity index (χ3n) is 2.45. The summed E-state index contributed by atoms with van der Waals surface area (Å²) in [6.07, 6.45) is 0.983. The third-order valence-corrected chi connectivity index (χ3v) is 2.45. The molecular weight excluding hydrogens is 300 g/mol. The Bertz CT molecular complexity index is 349. The topological polar surface area (TPSA) is 201 Å². The van der Waals surface area contributed by atoms with E-state index in [4.69, 9.17) is 31.9 Å². The molecule has 0 amide bonds. The number of hydrogen-bond acceptors (Lipinski definition) is 6. The van der Waals surface area contributed by atoms with Crippen molar-refractivity contribution < 1.29 is 39.6 Å². The van der Waals surface area contributed by atoms with Gasteiger partial charge in [0.1, 0.15) is 12.1 Å². The van der Waals surface area contributed by atoms with Gasteiger partial charge >= 0.3 is 23.9 Å². The molecule has 0 saturated carbocycles. The molecule has 0 radical (unpaired) electrons. The summed E-state index contributed by atoms with van der Waals surface area (Å²) in [4.78, 5) is 40.1. The monoisotopic (exact) mass is 322 g/mol. The van der Waals surface area contributed by atoms with E-state index in [0.29, 0.717) is 12.8 Å². The molecule has 1 unspecified atom stereocenters. The van der Waals surface area contributed by atoms with Crippen molar-refractivity contribution in [3.63, 3.8) is 0 Å². The van der Waals surface area contributed by atoms with Crippen molar-refractivity contribution in [3.05, 3.63) is 0 Å². The van der Waals surface area contributed by atoms with Gasteiger partial charge in [0.25, 0.3) is 0 Å². The predicted octanol–water partition coefficient (Wildman–Crippen LogP) is -0.694. The van der Waals surface area contributed by atoms with Gasteiger partial charge in [-0.1, -0.05) is 0 Å². The molecule has 0 saturated heterocycles. The van der Waals surface area contributed by atoms with Crippen LogP contribution in [0.25, 0.3) is 0 Å². The van der Waals surface area contributed by atoms with E-state index in [1.54, 1.807) is 0 Å². The van der Waals surface area contributed by atoms with Crippen LogP contribution in [0.5, 0.6) is 0 Å². The van der Waals surface area contributed by atoms with Crippen molar-refractivity contribution >= 4 is 23.9 Å². The fraction of sp³-hybridized carbons (Fsp3) is 0.667. The zero-order chi connectivity index (χ0) is 17.7. The minimum Gasteiger partial charge on any atom is -0.481 e. The van der Waals surface area contributed by atoms with Gasteiger partial charge in [-0.25, -0.2) is 0 Å². The number of carboxylic acid groups (broad SMARTS) is 4. The number of rotatable bonds is 10. The molecule has 0 bridgehead atoms. The Kier molecular flexibility index (Phi) is 12.6. The third kappa shape index (κ3) is 15.9. The lowest BCUT2D eigenvalue weighted by Gasteiger charge is -2.02. The molecule has 0 aliphatic carbocycles. The molecule has 0 aromatic rings. The summed E-state index contributed by atoms with van der Waals surface area (Å²) in [7, 11) is 0. The number of hydrogen-bond donors (Lipinski definition) is 6. The van der Waals surface area contributed by atoms with Crippen LogP contribution in [0.1, 0.15) is 38.5 Å². The Balaban J connectivity index is 0. The number of aliphatic carboxylic acids is 4. The highest BCUT2D eigenvalue weighted by Gasteiger charge is 2.11. The Morgan fingerprint density at radius 2 is 0.955 bits per heavy atom. The first kappa shape index (κ1) is 22.1. The lowest BCUT2D eigenvalue weighted by molar-refractivity contribution is -0.140. The van der Waals surface area contributed by atoms with Crippen LogP contribution in [-0.4, -0.2) is 56.4 Å². The summed E-state index contributed by atoms with van der Waals surface area (Å²) in [6.45, 7) is 0. The molecule has 0 spiro atoms. The van der Waals surface area contributed by atoms with Crippen LogP contribution in [0.3, 0.4) is 0 Å². The van der Waals surface area contributed by atoms with Gasteiger partial charge in [0, 0.05) is 12.8 Å². The molecule has 0 aliphatic rings. The van der Waals surface area contributed by atoms with Gasteiger partial charge in [-0.3, -0.25) is 19.2 Å². The molecule has 0 aliphatic heterocycles. The lowest BCUT2D eigenvalue weighted by atomic mass is 10.1. The molecular formula is C12H22N2O8. The Morgan fingerprint density at radius 1 is 0.682 bits per heavy atom. The summed E-state index contributed by atoms with van der Waals surface area (Å²) < 4.78 is 0. The number of nitrogens with two attached hydrogens (primary N) is 2. The summed E-state index contributed by atoms with van der Waals surface area (Å²) in [5.41, 5.74) is 10.2. The fourth-order valence-electron chi connectivity index (χ4n) is 1.19. The minimum absolute atomic E-state index is 0.0268. The fourth-order valence-corrected chi connectivity index (χ4v) is 1.19. The smallest absolute Gasteiger partial charge is 0.320 e.